The number of nitrogens with zero attached hydrogens (tertiary/aromatic N) is 2. The highest BCUT2D eigenvalue weighted by molar-refractivity contribution is 5.89. The highest BCUT2D eigenvalue weighted by Gasteiger charge is 2.18. The Labute approximate surface area is 164 Å². The van der Waals surface area contributed by atoms with Gasteiger partial charge in [-0.05, 0) is 35.4 Å². The molecule has 0 unspecified atom stereocenters. The second-order valence-corrected chi connectivity index (χ2v) is 6.67. The summed E-state index contributed by atoms with van der Waals surface area (Å²) in [6.45, 7) is 1.37. The zero-order valence-electron chi connectivity index (χ0n) is 15.8. The van der Waals surface area contributed by atoms with E-state index in [1.807, 2.05) is 59.2 Å². The number of aromatic nitrogens is 2. The van der Waals surface area contributed by atoms with E-state index in [0.29, 0.717) is 12.2 Å². The van der Waals surface area contributed by atoms with E-state index in [1.54, 1.807) is 0 Å². The number of benzene rings is 2. The van der Waals surface area contributed by atoms with Crippen molar-refractivity contribution in [3.05, 3.63) is 108 Å². The summed E-state index contributed by atoms with van der Waals surface area (Å²) in [4.78, 5) is 12.3. The molecule has 0 N–H and O–H groups in total. The number of hydrogen-bond acceptors (Lipinski definition) is 2. The minimum absolute atomic E-state index is 0.330. The Balaban J connectivity index is 1.75. The first-order valence-electron chi connectivity index (χ1n) is 9.27. The molecule has 4 heteroatoms. The predicted molar refractivity (Wildman–Crippen MR) is 110 cm³/mol. The third-order valence-electron chi connectivity index (χ3n) is 4.85. The van der Waals surface area contributed by atoms with Gasteiger partial charge in [-0.1, -0.05) is 60.7 Å². The van der Waals surface area contributed by atoms with Gasteiger partial charge in [-0.2, -0.15) is 0 Å². The fourth-order valence-corrected chi connectivity index (χ4v) is 3.47. The molecule has 0 aliphatic heterocycles. The van der Waals surface area contributed by atoms with E-state index in [1.165, 1.54) is 12.7 Å². The molecule has 28 heavy (non-hydrogen) atoms. The van der Waals surface area contributed by atoms with Gasteiger partial charge in [-0.25, -0.2) is 4.79 Å². The Morgan fingerprint density at radius 3 is 2.04 bits per heavy atom. The fourth-order valence-electron chi connectivity index (χ4n) is 3.47. The van der Waals surface area contributed by atoms with E-state index >= 15 is 0 Å². The van der Waals surface area contributed by atoms with Crippen LogP contribution in [0.5, 0.6) is 0 Å². The van der Waals surface area contributed by atoms with Crippen molar-refractivity contribution in [3.63, 3.8) is 0 Å². The molecule has 0 bridgehead atoms. The summed E-state index contributed by atoms with van der Waals surface area (Å²) in [5.41, 5.74) is 4.97. The van der Waals surface area contributed by atoms with Crippen LogP contribution >= 0.6 is 0 Å². The lowest BCUT2D eigenvalue weighted by molar-refractivity contribution is 0.0589. The van der Waals surface area contributed by atoms with Gasteiger partial charge in [0.2, 0.25) is 0 Å². The third-order valence-corrected chi connectivity index (χ3v) is 4.85. The molecule has 4 rings (SSSR count). The van der Waals surface area contributed by atoms with Gasteiger partial charge in [0.15, 0.2) is 0 Å². The minimum Gasteiger partial charge on any atom is -0.464 e. The quantitative estimate of drug-likeness (QED) is 0.455. The van der Waals surface area contributed by atoms with Gasteiger partial charge in [0.05, 0.1) is 18.5 Å². The Morgan fingerprint density at radius 1 is 0.750 bits per heavy atom. The van der Waals surface area contributed by atoms with Crippen molar-refractivity contribution >= 4 is 5.97 Å². The number of hydrogen-bond donors (Lipinski definition) is 0. The van der Waals surface area contributed by atoms with E-state index in [-0.39, 0.29) is 5.97 Å². The maximum atomic E-state index is 12.3. The lowest BCUT2D eigenvalue weighted by atomic mass is 10.2. The van der Waals surface area contributed by atoms with Crippen molar-refractivity contribution in [3.8, 4) is 11.4 Å². The first-order valence-corrected chi connectivity index (χ1v) is 9.27. The van der Waals surface area contributed by atoms with Crippen molar-refractivity contribution in [1.82, 2.24) is 9.13 Å². The Bertz CT molecular complexity index is 1060. The lowest BCUT2D eigenvalue weighted by Gasteiger charge is -2.15. The average Bonchev–Trinajstić information content (AvgIpc) is 3.35. The highest BCUT2D eigenvalue weighted by atomic mass is 16.5. The molecule has 0 fully saturated rings. The van der Waals surface area contributed by atoms with E-state index in [9.17, 15) is 4.79 Å². The standard InChI is InChI=1S/C24H22N2O2/c1-28-24(27)23-15-14-22(26(23)18-20-11-6-3-7-12-20)21-13-8-16-25(21)17-19-9-4-2-5-10-19/h2-16H,17-18H2,1H3. The molecule has 0 aliphatic rings. The summed E-state index contributed by atoms with van der Waals surface area (Å²) < 4.78 is 9.23. The maximum absolute atomic E-state index is 12.3. The van der Waals surface area contributed by atoms with Crippen LogP contribution in [0.15, 0.2) is 91.1 Å². The van der Waals surface area contributed by atoms with Crippen molar-refractivity contribution in [2.24, 2.45) is 0 Å². The van der Waals surface area contributed by atoms with Gasteiger partial charge in [-0.3, -0.25) is 0 Å². The SMILES string of the molecule is COC(=O)c1ccc(-c2cccn2Cc2ccccc2)n1Cc1ccccc1. The molecule has 0 aliphatic carbocycles. The lowest BCUT2D eigenvalue weighted by Crippen LogP contribution is -2.13. The summed E-state index contributed by atoms with van der Waals surface area (Å²) in [7, 11) is 1.42. The molecule has 0 atom stereocenters. The van der Waals surface area contributed by atoms with Gasteiger partial charge in [0.1, 0.15) is 5.69 Å². The molecule has 0 saturated carbocycles. The Hall–Kier alpha value is -3.53. The molecule has 4 nitrogen and oxygen atoms in total. The van der Waals surface area contributed by atoms with Crippen LogP contribution in [-0.4, -0.2) is 22.2 Å². The summed E-state index contributed by atoms with van der Waals surface area (Å²) >= 11 is 0. The molecule has 4 aromatic rings. The number of carbonyl (C=O) groups excluding carboxylic acids is 1. The van der Waals surface area contributed by atoms with Gasteiger partial charge in [0, 0.05) is 19.3 Å². The molecule has 2 heterocycles. The van der Waals surface area contributed by atoms with E-state index < -0.39 is 0 Å². The monoisotopic (exact) mass is 370 g/mol. The molecule has 2 aromatic carbocycles. The largest absolute Gasteiger partial charge is 0.464 e. The van der Waals surface area contributed by atoms with Gasteiger partial charge < -0.3 is 13.9 Å². The van der Waals surface area contributed by atoms with Crippen LogP contribution in [0.1, 0.15) is 21.6 Å². The van der Waals surface area contributed by atoms with Crippen LogP contribution in [0.3, 0.4) is 0 Å². The van der Waals surface area contributed by atoms with Crippen LogP contribution in [0.4, 0.5) is 0 Å². The Kier molecular flexibility index (Phi) is 5.11. The van der Waals surface area contributed by atoms with Crippen LogP contribution in [0, 0.1) is 0 Å². The normalized spacial score (nSPS) is 10.8. The predicted octanol–water partition coefficient (Wildman–Crippen LogP) is 4.84. The van der Waals surface area contributed by atoms with E-state index in [2.05, 4.69) is 41.1 Å². The Morgan fingerprint density at radius 2 is 1.39 bits per heavy atom. The molecule has 0 saturated heterocycles. The minimum atomic E-state index is -0.330. The number of ether oxygens (including phenoxy) is 1. The van der Waals surface area contributed by atoms with Crippen LogP contribution in [0.25, 0.3) is 11.4 Å². The average molecular weight is 370 g/mol. The molecule has 2 aromatic heterocycles. The van der Waals surface area contributed by atoms with E-state index in [0.717, 1.165) is 23.5 Å². The van der Waals surface area contributed by atoms with Crippen LogP contribution in [-0.2, 0) is 17.8 Å². The van der Waals surface area contributed by atoms with Crippen molar-refractivity contribution < 1.29 is 9.53 Å². The van der Waals surface area contributed by atoms with Gasteiger partial charge in [-0.15, -0.1) is 0 Å². The highest BCUT2D eigenvalue weighted by Crippen LogP contribution is 2.26. The number of esters is 1. The zero-order chi connectivity index (χ0) is 19.3. The molecular weight excluding hydrogens is 348 g/mol. The molecule has 140 valence electrons. The van der Waals surface area contributed by atoms with Crippen LogP contribution < -0.4 is 0 Å². The van der Waals surface area contributed by atoms with Crippen molar-refractivity contribution in [2.45, 2.75) is 13.1 Å². The third kappa shape index (κ3) is 3.62. The molecule has 0 radical (unpaired) electrons. The smallest absolute Gasteiger partial charge is 0.354 e. The molecule has 0 amide bonds. The second kappa shape index (κ2) is 8.01. The molecule has 0 spiro atoms. The molecular formula is C24H22N2O2. The van der Waals surface area contributed by atoms with Gasteiger partial charge in [0.25, 0.3) is 0 Å². The summed E-state index contributed by atoms with van der Waals surface area (Å²) in [5, 5.41) is 0. The number of methoxy groups -OCH3 is 1. The second-order valence-electron chi connectivity index (χ2n) is 6.67. The van der Waals surface area contributed by atoms with E-state index in [4.69, 9.17) is 4.74 Å². The zero-order valence-corrected chi connectivity index (χ0v) is 15.8. The number of rotatable bonds is 6. The van der Waals surface area contributed by atoms with Crippen molar-refractivity contribution in [1.29, 1.82) is 0 Å². The summed E-state index contributed by atoms with van der Waals surface area (Å²) in [6, 6.07) is 28.4. The summed E-state index contributed by atoms with van der Waals surface area (Å²) in [6.07, 6.45) is 2.07. The first-order chi connectivity index (χ1) is 13.8. The van der Waals surface area contributed by atoms with Crippen LogP contribution in [0.2, 0.25) is 0 Å². The maximum Gasteiger partial charge on any atom is 0.354 e. The summed E-state index contributed by atoms with van der Waals surface area (Å²) in [5.74, 6) is -0.330. The fraction of sp³-hybridized carbons (Fsp3) is 0.125. The van der Waals surface area contributed by atoms with Crippen molar-refractivity contribution in [2.75, 3.05) is 7.11 Å². The first kappa shape index (κ1) is 17.9. The number of carbonyl (C=O) groups is 1. The topological polar surface area (TPSA) is 36.2 Å². The van der Waals surface area contributed by atoms with Gasteiger partial charge >= 0.3 is 5.97 Å².